The highest BCUT2D eigenvalue weighted by molar-refractivity contribution is 5.68. The van der Waals surface area contributed by atoms with Crippen LogP contribution >= 0.6 is 0 Å². The number of piperidine rings is 1. The Morgan fingerprint density at radius 2 is 2.00 bits per heavy atom. The van der Waals surface area contributed by atoms with E-state index in [4.69, 9.17) is 9.47 Å². The molecule has 7 heteroatoms. The number of rotatable bonds is 5. The summed E-state index contributed by atoms with van der Waals surface area (Å²) in [5, 5.41) is 12.7. The third-order valence-corrected chi connectivity index (χ3v) is 4.78. The van der Waals surface area contributed by atoms with E-state index in [0.717, 1.165) is 48.0 Å². The first-order valence-corrected chi connectivity index (χ1v) is 8.92. The number of nitrogens with zero attached hydrogens (tertiary/aromatic N) is 5. The van der Waals surface area contributed by atoms with Crippen LogP contribution in [0.1, 0.15) is 18.5 Å². The van der Waals surface area contributed by atoms with Gasteiger partial charge in [-0.1, -0.05) is 0 Å². The largest absolute Gasteiger partial charge is 0.497 e. The average Bonchev–Trinajstić information content (AvgIpc) is 3.14. The first-order valence-electron chi connectivity index (χ1n) is 8.92. The molecule has 3 heterocycles. The summed E-state index contributed by atoms with van der Waals surface area (Å²) in [6, 6.07) is 9.84. The van der Waals surface area contributed by atoms with Crippen molar-refractivity contribution >= 4 is 11.3 Å². The zero-order chi connectivity index (χ0) is 17.9. The van der Waals surface area contributed by atoms with Gasteiger partial charge in [-0.3, -0.25) is 0 Å². The van der Waals surface area contributed by atoms with Gasteiger partial charge in [0.05, 0.1) is 25.1 Å². The quantitative estimate of drug-likeness (QED) is 0.703. The Bertz CT molecular complexity index is 877. The monoisotopic (exact) mass is 353 g/mol. The second-order valence-corrected chi connectivity index (χ2v) is 6.71. The van der Waals surface area contributed by atoms with Crippen LogP contribution in [0.4, 0.5) is 5.69 Å². The molecule has 1 fully saturated rings. The topological polar surface area (TPSA) is 64.8 Å². The van der Waals surface area contributed by atoms with Gasteiger partial charge < -0.3 is 14.4 Å². The Morgan fingerprint density at radius 3 is 2.81 bits per heavy atom. The lowest BCUT2D eigenvalue weighted by molar-refractivity contribution is 0.228. The smallest absolute Gasteiger partial charge is 0.200 e. The van der Waals surface area contributed by atoms with Crippen LogP contribution < -0.4 is 14.4 Å². The molecule has 0 aliphatic carbocycles. The molecule has 0 N–H and O–H groups in total. The number of hydrogen-bond acceptors (Lipinski definition) is 6. The van der Waals surface area contributed by atoms with Gasteiger partial charge in [-0.2, -0.15) is 9.61 Å². The molecule has 1 aromatic carbocycles. The van der Waals surface area contributed by atoms with E-state index < -0.39 is 0 Å². The van der Waals surface area contributed by atoms with Crippen LogP contribution in [-0.2, 0) is 0 Å². The molecule has 0 spiro atoms. The van der Waals surface area contributed by atoms with Gasteiger partial charge in [-0.05, 0) is 50.1 Å². The van der Waals surface area contributed by atoms with Gasteiger partial charge in [0.15, 0.2) is 0 Å². The van der Waals surface area contributed by atoms with Gasteiger partial charge in [0, 0.05) is 19.0 Å². The van der Waals surface area contributed by atoms with Crippen LogP contribution in [0.5, 0.6) is 11.5 Å². The maximum atomic E-state index is 6.00. The van der Waals surface area contributed by atoms with Crippen molar-refractivity contribution in [1.82, 2.24) is 19.8 Å². The van der Waals surface area contributed by atoms with E-state index in [2.05, 4.69) is 26.3 Å². The molecule has 7 nitrogen and oxygen atoms in total. The first kappa shape index (κ1) is 16.6. The second kappa shape index (κ2) is 7.19. The van der Waals surface area contributed by atoms with Gasteiger partial charge >= 0.3 is 0 Å². The zero-order valence-electron chi connectivity index (χ0n) is 15.1. The summed E-state index contributed by atoms with van der Waals surface area (Å²) >= 11 is 0. The molecule has 1 aliphatic heterocycles. The standard InChI is InChI=1S/C19H23N5O2/c1-14-10-18(19-21-20-13-24(19)22-14)23-9-3-4-15(11-23)12-26-17-7-5-16(25-2)6-8-17/h5-8,10,13,15H,3-4,9,11-12H2,1-2H3. The van der Waals surface area contributed by atoms with Crippen molar-refractivity contribution in [3.8, 4) is 11.5 Å². The summed E-state index contributed by atoms with van der Waals surface area (Å²) in [5.74, 6) is 2.19. The van der Waals surface area contributed by atoms with Crippen LogP contribution in [0.15, 0.2) is 36.7 Å². The van der Waals surface area contributed by atoms with Crippen LogP contribution in [0.25, 0.3) is 5.65 Å². The molecule has 1 saturated heterocycles. The van der Waals surface area contributed by atoms with Crippen molar-refractivity contribution in [2.75, 3.05) is 31.7 Å². The predicted octanol–water partition coefficient (Wildman–Crippen LogP) is 2.74. The number of aromatic nitrogens is 4. The third-order valence-electron chi connectivity index (χ3n) is 4.78. The minimum absolute atomic E-state index is 0.474. The number of fused-ring (bicyclic) bond motifs is 1. The molecule has 26 heavy (non-hydrogen) atoms. The molecule has 0 amide bonds. The van der Waals surface area contributed by atoms with E-state index in [9.17, 15) is 0 Å². The molecular weight excluding hydrogens is 330 g/mol. The number of anilines is 1. The maximum absolute atomic E-state index is 6.00. The lowest BCUT2D eigenvalue weighted by atomic mass is 9.98. The van der Waals surface area contributed by atoms with Crippen LogP contribution in [0, 0.1) is 12.8 Å². The number of ether oxygens (including phenoxy) is 2. The van der Waals surface area contributed by atoms with Crippen molar-refractivity contribution in [1.29, 1.82) is 0 Å². The Hall–Kier alpha value is -2.83. The highest BCUT2D eigenvalue weighted by Crippen LogP contribution is 2.27. The van der Waals surface area contributed by atoms with Crippen LogP contribution in [0.3, 0.4) is 0 Å². The first-order chi connectivity index (χ1) is 12.7. The average molecular weight is 353 g/mol. The summed E-state index contributed by atoms with van der Waals surface area (Å²) < 4.78 is 12.9. The van der Waals surface area contributed by atoms with E-state index in [1.54, 1.807) is 18.0 Å². The molecular formula is C19H23N5O2. The number of hydrogen-bond donors (Lipinski definition) is 0. The van der Waals surface area contributed by atoms with Crippen LogP contribution in [-0.4, -0.2) is 46.6 Å². The number of methoxy groups -OCH3 is 1. The minimum atomic E-state index is 0.474. The van der Waals surface area contributed by atoms with Gasteiger partial charge in [-0.25, -0.2) is 0 Å². The number of aryl methyl sites for hydroxylation is 1. The molecule has 0 bridgehead atoms. The maximum Gasteiger partial charge on any atom is 0.200 e. The normalized spacial score (nSPS) is 17.5. The van der Waals surface area contributed by atoms with Gasteiger partial charge in [-0.15, -0.1) is 10.2 Å². The molecule has 1 atom stereocenters. The van der Waals surface area contributed by atoms with E-state index >= 15 is 0 Å². The van der Waals surface area contributed by atoms with Gasteiger partial charge in [0.25, 0.3) is 0 Å². The Kier molecular flexibility index (Phi) is 4.60. The number of benzene rings is 1. The van der Waals surface area contributed by atoms with E-state index in [1.807, 2.05) is 31.2 Å². The zero-order valence-corrected chi connectivity index (χ0v) is 15.1. The van der Waals surface area contributed by atoms with Crippen molar-refractivity contribution in [3.05, 3.63) is 42.4 Å². The lowest BCUT2D eigenvalue weighted by Gasteiger charge is -2.34. The van der Waals surface area contributed by atoms with E-state index in [-0.39, 0.29) is 0 Å². The molecule has 0 radical (unpaired) electrons. The molecule has 4 rings (SSSR count). The van der Waals surface area contributed by atoms with E-state index in [0.29, 0.717) is 12.5 Å². The highest BCUT2D eigenvalue weighted by Gasteiger charge is 2.23. The highest BCUT2D eigenvalue weighted by atomic mass is 16.5. The predicted molar refractivity (Wildman–Crippen MR) is 98.9 cm³/mol. The summed E-state index contributed by atoms with van der Waals surface area (Å²) in [6.45, 7) is 4.67. The molecule has 1 unspecified atom stereocenters. The Morgan fingerprint density at radius 1 is 1.19 bits per heavy atom. The van der Waals surface area contributed by atoms with Crippen molar-refractivity contribution < 1.29 is 9.47 Å². The fourth-order valence-corrected chi connectivity index (χ4v) is 3.47. The van der Waals surface area contributed by atoms with Crippen molar-refractivity contribution in [2.24, 2.45) is 5.92 Å². The minimum Gasteiger partial charge on any atom is -0.497 e. The third kappa shape index (κ3) is 3.42. The van der Waals surface area contributed by atoms with Crippen molar-refractivity contribution in [2.45, 2.75) is 19.8 Å². The summed E-state index contributed by atoms with van der Waals surface area (Å²) in [6.07, 6.45) is 3.96. The molecule has 136 valence electrons. The van der Waals surface area contributed by atoms with Gasteiger partial charge in [0.1, 0.15) is 17.8 Å². The van der Waals surface area contributed by atoms with Gasteiger partial charge in [0.2, 0.25) is 5.65 Å². The molecule has 0 saturated carbocycles. The van der Waals surface area contributed by atoms with Crippen molar-refractivity contribution in [3.63, 3.8) is 0 Å². The molecule has 3 aromatic rings. The lowest BCUT2D eigenvalue weighted by Crippen LogP contribution is -2.38. The summed E-state index contributed by atoms with van der Waals surface area (Å²) in [7, 11) is 1.67. The fraction of sp³-hybridized carbons (Fsp3) is 0.421. The van der Waals surface area contributed by atoms with E-state index in [1.165, 1.54) is 6.42 Å². The Labute approximate surface area is 152 Å². The fourth-order valence-electron chi connectivity index (χ4n) is 3.47. The summed E-state index contributed by atoms with van der Waals surface area (Å²) in [4.78, 5) is 2.38. The second-order valence-electron chi connectivity index (χ2n) is 6.71. The molecule has 2 aromatic heterocycles. The SMILES string of the molecule is COc1ccc(OCC2CCCN(c3cc(C)nn4cnnc34)C2)cc1. The Balaban J connectivity index is 1.44. The molecule has 1 aliphatic rings. The van der Waals surface area contributed by atoms with Crippen LogP contribution in [0.2, 0.25) is 0 Å². The summed E-state index contributed by atoms with van der Waals surface area (Å²) in [5.41, 5.74) is 2.88.